The molecule has 0 aliphatic carbocycles. The summed E-state index contributed by atoms with van der Waals surface area (Å²) >= 11 is 1.75. The zero-order chi connectivity index (χ0) is 19.1. The number of hydrogen-bond donors (Lipinski definition) is 1. The van der Waals surface area contributed by atoms with Crippen LogP contribution < -0.4 is 10.9 Å². The zero-order valence-corrected chi connectivity index (χ0v) is 16.8. The molecule has 5 rings (SSSR count). The van der Waals surface area contributed by atoms with Gasteiger partial charge < -0.3 is 9.88 Å². The molecule has 6 nitrogen and oxygen atoms in total. The predicted molar refractivity (Wildman–Crippen MR) is 109 cm³/mol. The van der Waals surface area contributed by atoms with E-state index in [1.54, 1.807) is 11.3 Å². The Morgan fingerprint density at radius 3 is 2.82 bits per heavy atom. The van der Waals surface area contributed by atoms with E-state index in [9.17, 15) is 9.59 Å². The summed E-state index contributed by atoms with van der Waals surface area (Å²) in [5.74, 6) is 1.02. The van der Waals surface area contributed by atoms with Gasteiger partial charge in [-0.15, -0.1) is 0 Å². The van der Waals surface area contributed by atoms with Gasteiger partial charge in [0.1, 0.15) is 0 Å². The number of nitrogens with one attached hydrogen (secondary N) is 1. The van der Waals surface area contributed by atoms with E-state index >= 15 is 0 Å². The maximum Gasteiger partial charge on any atom is 0.255 e. The number of hydrogen-bond acceptors (Lipinski definition) is 5. The van der Waals surface area contributed by atoms with Crippen LogP contribution in [0.5, 0.6) is 0 Å². The highest BCUT2D eigenvalue weighted by molar-refractivity contribution is 7.07. The number of thiophene rings is 1. The lowest BCUT2D eigenvalue weighted by Gasteiger charge is -2.43. The third kappa shape index (κ3) is 3.54. The summed E-state index contributed by atoms with van der Waals surface area (Å²) in [4.78, 5) is 29.4. The summed E-state index contributed by atoms with van der Waals surface area (Å²) in [6.07, 6.45) is 1.19. The minimum absolute atomic E-state index is 0.0459. The molecule has 148 valence electrons. The van der Waals surface area contributed by atoms with E-state index in [0.717, 1.165) is 38.3 Å². The van der Waals surface area contributed by atoms with Crippen LogP contribution in [0.25, 0.3) is 0 Å². The smallest absolute Gasteiger partial charge is 0.255 e. The summed E-state index contributed by atoms with van der Waals surface area (Å²) < 4.78 is 2.03. The van der Waals surface area contributed by atoms with Crippen LogP contribution in [0.3, 0.4) is 0 Å². The topological polar surface area (TPSA) is 57.6 Å². The van der Waals surface area contributed by atoms with Crippen LogP contribution in [-0.2, 0) is 24.4 Å². The molecular formula is C21H26N4O2S. The lowest BCUT2D eigenvalue weighted by atomic mass is 9.83. The van der Waals surface area contributed by atoms with E-state index in [1.165, 1.54) is 17.7 Å². The van der Waals surface area contributed by atoms with Crippen LogP contribution in [0.2, 0.25) is 0 Å². The van der Waals surface area contributed by atoms with Crippen molar-refractivity contribution >= 4 is 17.2 Å². The number of pyridine rings is 1. The lowest BCUT2D eigenvalue weighted by molar-refractivity contribution is -0.124. The average molecular weight is 399 g/mol. The molecular weight excluding hydrogens is 372 g/mol. The Kier molecular flexibility index (Phi) is 4.82. The number of amides is 1. The Hall–Kier alpha value is -1.96. The molecule has 2 aromatic heterocycles. The SMILES string of the molecule is O=C1CN(Cc2ccc3n(c2=O)C[C@H]2C[C@@H]3CN(Cc3ccsc3)C2)CCN1. The second-order valence-corrected chi connectivity index (χ2v) is 9.16. The second-order valence-electron chi connectivity index (χ2n) is 8.38. The van der Waals surface area contributed by atoms with Crippen molar-refractivity contribution in [3.05, 3.63) is 56.1 Å². The van der Waals surface area contributed by atoms with Crippen LogP contribution in [0.1, 0.15) is 29.2 Å². The van der Waals surface area contributed by atoms with Gasteiger partial charge in [0, 0.05) is 63.0 Å². The standard InChI is InChI=1S/C21H26N4O2S/c26-20-13-23(5-4-22-20)11-17-1-2-19-18-7-16(10-25(19)21(17)27)9-24(12-18)8-15-3-6-28-14-15/h1-3,6,14,16,18H,4-5,7-13H2,(H,22,26)/t16-,18+/m0/s1. The van der Waals surface area contributed by atoms with Gasteiger partial charge in [0.15, 0.2) is 0 Å². The number of rotatable bonds is 4. The molecule has 0 saturated carbocycles. The summed E-state index contributed by atoms with van der Waals surface area (Å²) in [6, 6.07) is 6.37. The zero-order valence-electron chi connectivity index (χ0n) is 16.0. The van der Waals surface area contributed by atoms with Gasteiger partial charge >= 0.3 is 0 Å². The minimum atomic E-state index is 0.0459. The lowest BCUT2D eigenvalue weighted by Crippen LogP contribution is -2.49. The molecule has 0 spiro atoms. The summed E-state index contributed by atoms with van der Waals surface area (Å²) in [5.41, 5.74) is 3.54. The number of carbonyl (C=O) groups is 1. The third-order valence-electron chi connectivity index (χ3n) is 6.26. The summed E-state index contributed by atoms with van der Waals surface area (Å²) in [7, 11) is 0. The first kappa shape index (κ1) is 18.1. The van der Waals surface area contributed by atoms with Crippen molar-refractivity contribution in [2.75, 3.05) is 32.7 Å². The van der Waals surface area contributed by atoms with Crippen LogP contribution >= 0.6 is 11.3 Å². The normalized spacial score (nSPS) is 25.4. The van der Waals surface area contributed by atoms with E-state index in [1.807, 2.05) is 10.6 Å². The van der Waals surface area contributed by atoms with Gasteiger partial charge in [0.05, 0.1) is 6.54 Å². The fourth-order valence-corrected chi connectivity index (χ4v) is 5.71. The number of piperazine rings is 1. The van der Waals surface area contributed by atoms with Crippen molar-refractivity contribution in [3.63, 3.8) is 0 Å². The highest BCUT2D eigenvalue weighted by Gasteiger charge is 2.35. The molecule has 1 amide bonds. The van der Waals surface area contributed by atoms with Crippen molar-refractivity contribution in [1.29, 1.82) is 0 Å². The van der Waals surface area contributed by atoms with Gasteiger partial charge in [0.25, 0.3) is 5.56 Å². The predicted octanol–water partition coefficient (Wildman–Crippen LogP) is 1.46. The Bertz CT molecular complexity index is 923. The molecule has 28 heavy (non-hydrogen) atoms. The molecule has 0 radical (unpaired) electrons. The third-order valence-corrected chi connectivity index (χ3v) is 6.99. The fraction of sp³-hybridized carbons (Fsp3) is 0.524. The van der Waals surface area contributed by atoms with Crippen molar-refractivity contribution in [1.82, 2.24) is 19.7 Å². The number of carbonyl (C=O) groups excluding carboxylic acids is 1. The van der Waals surface area contributed by atoms with Crippen LogP contribution in [0, 0.1) is 5.92 Å². The van der Waals surface area contributed by atoms with Crippen LogP contribution in [0.4, 0.5) is 0 Å². The number of piperidine rings is 1. The number of likely N-dealkylation sites (tertiary alicyclic amines) is 1. The quantitative estimate of drug-likeness (QED) is 0.847. The molecule has 2 aromatic rings. The molecule has 2 bridgehead atoms. The van der Waals surface area contributed by atoms with Crippen molar-refractivity contribution in [2.24, 2.45) is 5.92 Å². The van der Waals surface area contributed by atoms with Crippen molar-refractivity contribution in [2.45, 2.75) is 32.0 Å². The molecule has 5 heterocycles. The van der Waals surface area contributed by atoms with E-state index in [-0.39, 0.29) is 11.5 Å². The second kappa shape index (κ2) is 7.46. The number of nitrogens with zero attached hydrogens (tertiary/aromatic N) is 3. The van der Waals surface area contributed by atoms with Gasteiger partial charge in [-0.3, -0.25) is 19.4 Å². The molecule has 0 unspecified atom stereocenters. The molecule has 1 N–H and O–H groups in total. The van der Waals surface area contributed by atoms with E-state index in [4.69, 9.17) is 0 Å². The Balaban J connectivity index is 1.35. The maximum atomic E-state index is 13.2. The molecule has 7 heteroatoms. The van der Waals surface area contributed by atoms with E-state index < -0.39 is 0 Å². The van der Waals surface area contributed by atoms with Crippen LogP contribution in [0.15, 0.2) is 33.8 Å². The molecule has 2 saturated heterocycles. The van der Waals surface area contributed by atoms with Crippen molar-refractivity contribution < 1.29 is 4.79 Å². The van der Waals surface area contributed by atoms with Gasteiger partial charge in [-0.05, 0) is 40.8 Å². The largest absolute Gasteiger partial charge is 0.354 e. The Morgan fingerprint density at radius 1 is 1.07 bits per heavy atom. The minimum Gasteiger partial charge on any atom is -0.354 e. The Morgan fingerprint density at radius 2 is 2.00 bits per heavy atom. The molecule has 2 fully saturated rings. The van der Waals surface area contributed by atoms with Gasteiger partial charge in [-0.25, -0.2) is 0 Å². The van der Waals surface area contributed by atoms with Crippen molar-refractivity contribution in [3.8, 4) is 0 Å². The first-order valence-corrected chi connectivity index (χ1v) is 11.0. The summed E-state index contributed by atoms with van der Waals surface area (Å²) in [6.45, 7) is 6.32. The van der Waals surface area contributed by atoms with Gasteiger partial charge in [-0.2, -0.15) is 11.3 Å². The molecule has 2 atom stereocenters. The first-order valence-electron chi connectivity index (χ1n) is 10.1. The first-order chi connectivity index (χ1) is 13.7. The van der Waals surface area contributed by atoms with Crippen LogP contribution in [-0.4, -0.2) is 53.0 Å². The fourth-order valence-electron chi connectivity index (χ4n) is 5.05. The average Bonchev–Trinajstić information content (AvgIpc) is 3.17. The molecule has 3 aliphatic heterocycles. The van der Waals surface area contributed by atoms with Gasteiger partial charge in [0.2, 0.25) is 5.91 Å². The maximum absolute atomic E-state index is 13.2. The summed E-state index contributed by atoms with van der Waals surface area (Å²) in [5, 5.41) is 7.21. The monoisotopic (exact) mass is 398 g/mol. The highest BCUT2D eigenvalue weighted by atomic mass is 32.1. The highest BCUT2D eigenvalue weighted by Crippen LogP contribution is 2.35. The van der Waals surface area contributed by atoms with E-state index in [2.05, 4.69) is 38.0 Å². The Labute approximate surface area is 168 Å². The van der Waals surface area contributed by atoms with E-state index in [0.29, 0.717) is 31.5 Å². The molecule has 3 aliphatic rings. The molecule has 0 aromatic carbocycles. The number of fused-ring (bicyclic) bond motifs is 4. The number of aromatic nitrogens is 1. The van der Waals surface area contributed by atoms with Gasteiger partial charge in [-0.1, -0.05) is 6.07 Å².